The summed E-state index contributed by atoms with van der Waals surface area (Å²) in [6.07, 6.45) is 0.425. The Morgan fingerprint density at radius 1 is 1.06 bits per heavy atom. The number of aryl methyl sites for hydroxylation is 1. The normalized spacial score (nSPS) is 16.1. The Bertz CT molecular complexity index is 1270. The summed E-state index contributed by atoms with van der Waals surface area (Å²) in [6, 6.07) is 23.6. The van der Waals surface area contributed by atoms with Gasteiger partial charge in [0.05, 0.1) is 17.6 Å². The van der Waals surface area contributed by atoms with E-state index >= 15 is 0 Å². The van der Waals surface area contributed by atoms with Gasteiger partial charge in [-0.25, -0.2) is 4.98 Å². The Morgan fingerprint density at radius 3 is 2.69 bits per heavy atom. The molecule has 4 aromatic rings. The Labute approximate surface area is 192 Å². The van der Waals surface area contributed by atoms with Gasteiger partial charge in [0.2, 0.25) is 5.91 Å². The number of hydrogen-bond donors (Lipinski definition) is 0. The van der Waals surface area contributed by atoms with E-state index in [2.05, 4.69) is 17.6 Å². The molecule has 1 saturated heterocycles. The second kappa shape index (κ2) is 8.67. The van der Waals surface area contributed by atoms with Crippen molar-refractivity contribution in [1.82, 2.24) is 9.55 Å². The molecule has 0 bridgehead atoms. The Balaban J connectivity index is 1.40. The Kier molecular flexibility index (Phi) is 5.58. The first-order valence-corrected chi connectivity index (χ1v) is 11.2. The van der Waals surface area contributed by atoms with Crippen LogP contribution in [0.15, 0.2) is 72.8 Å². The fourth-order valence-electron chi connectivity index (χ4n) is 4.30. The number of aromatic nitrogens is 2. The van der Waals surface area contributed by atoms with Gasteiger partial charge >= 0.3 is 0 Å². The van der Waals surface area contributed by atoms with E-state index in [4.69, 9.17) is 21.3 Å². The summed E-state index contributed by atoms with van der Waals surface area (Å²) in [5.41, 5.74) is 4.03. The van der Waals surface area contributed by atoms with Crippen LogP contribution >= 0.6 is 11.6 Å². The summed E-state index contributed by atoms with van der Waals surface area (Å²) < 4.78 is 8.18. The van der Waals surface area contributed by atoms with Crippen LogP contribution in [-0.2, 0) is 11.3 Å². The topological polar surface area (TPSA) is 47.4 Å². The van der Waals surface area contributed by atoms with Gasteiger partial charge in [-0.15, -0.1) is 0 Å². The van der Waals surface area contributed by atoms with Gasteiger partial charge in [0.15, 0.2) is 0 Å². The highest BCUT2D eigenvalue weighted by Crippen LogP contribution is 2.34. The first-order chi connectivity index (χ1) is 15.6. The lowest BCUT2D eigenvalue weighted by atomic mass is 10.1. The molecule has 6 heteroatoms. The maximum Gasteiger partial charge on any atom is 0.227 e. The first kappa shape index (κ1) is 20.6. The monoisotopic (exact) mass is 445 g/mol. The second-order valence-corrected chi connectivity index (χ2v) is 8.59. The molecule has 162 valence electrons. The lowest BCUT2D eigenvalue weighted by Gasteiger charge is -2.18. The van der Waals surface area contributed by atoms with Crippen molar-refractivity contribution in [3.05, 3.63) is 89.2 Å². The van der Waals surface area contributed by atoms with Crippen LogP contribution in [0.5, 0.6) is 5.75 Å². The van der Waals surface area contributed by atoms with Gasteiger partial charge in [-0.05, 0) is 49.4 Å². The van der Waals surface area contributed by atoms with Crippen LogP contribution in [0.1, 0.15) is 23.7 Å². The fraction of sp³-hybridized carbons (Fsp3) is 0.231. The molecule has 0 saturated carbocycles. The van der Waals surface area contributed by atoms with E-state index in [-0.39, 0.29) is 11.8 Å². The highest BCUT2D eigenvalue weighted by atomic mass is 35.5. The molecule has 0 N–H and O–H groups in total. The molecule has 0 radical (unpaired) electrons. The minimum Gasteiger partial charge on any atom is -0.492 e. The lowest BCUT2D eigenvalue weighted by Crippen LogP contribution is -2.24. The zero-order valence-corrected chi connectivity index (χ0v) is 18.6. The quantitative estimate of drug-likeness (QED) is 0.388. The van der Waals surface area contributed by atoms with Crippen LogP contribution in [0.3, 0.4) is 0 Å². The Morgan fingerprint density at radius 2 is 1.88 bits per heavy atom. The van der Waals surface area contributed by atoms with Crippen molar-refractivity contribution in [3.63, 3.8) is 0 Å². The molecule has 5 nitrogen and oxygen atoms in total. The number of ether oxygens (including phenoxy) is 1. The molecule has 32 heavy (non-hydrogen) atoms. The number of fused-ring (bicyclic) bond motifs is 1. The van der Waals surface area contributed by atoms with Crippen molar-refractivity contribution in [2.75, 3.05) is 18.1 Å². The number of benzene rings is 3. The summed E-state index contributed by atoms with van der Waals surface area (Å²) in [7, 11) is 0. The second-order valence-electron chi connectivity index (χ2n) is 8.16. The van der Waals surface area contributed by atoms with E-state index in [9.17, 15) is 4.79 Å². The van der Waals surface area contributed by atoms with Crippen molar-refractivity contribution >= 4 is 34.2 Å². The molecule has 1 aromatic heterocycles. The van der Waals surface area contributed by atoms with Gasteiger partial charge in [0, 0.05) is 29.6 Å². The highest BCUT2D eigenvalue weighted by Gasteiger charge is 2.34. The molecule has 1 atom stereocenters. The van der Waals surface area contributed by atoms with Crippen molar-refractivity contribution in [2.45, 2.75) is 25.8 Å². The summed E-state index contributed by atoms with van der Waals surface area (Å²) >= 11 is 6.15. The number of carbonyl (C=O) groups excluding carboxylic acids is 1. The number of anilines is 1. The molecule has 1 aliphatic rings. The summed E-state index contributed by atoms with van der Waals surface area (Å²) in [6.45, 7) is 3.82. The number of amides is 1. The molecule has 1 amide bonds. The standard InChI is InChI=1S/C26H24ClN3O2/c1-18-9-11-22(12-10-18)32-14-13-29-24-8-3-2-7-23(24)28-26(29)19-15-25(31)30(17-19)21-6-4-5-20(27)16-21/h2-12,16,19H,13-15,17H2,1H3/t19-/m1/s1. The van der Waals surface area contributed by atoms with Crippen molar-refractivity contribution in [2.24, 2.45) is 0 Å². The van der Waals surface area contributed by atoms with E-state index in [1.165, 1.54) is 5.56 Å². The molecule has 0 spiro atoms. The van der Waals surface area contributed by atoms with Gasteiger partial charge in [-0.1, -0.05) is 47.5 Å². The van der Waals surface area contributed by atoms with Crippen LogP contribution in [0, 0.1) is 6.92 Å². The summed E-state index contributed by atoms with van der Waals surface area (Å²) in [5.74, 6) is 1.88. The number of para-hydroxylation sites is 2. The smallest absolute Gasteiger partial charge is 0.227 e. The number of nitrogens with zero attached hydrogens (tertiary/aromatic N) is 3. The first-order valence-electron chi connectivity index (χ1n) is 10.8. The molecule has 5 rings (SSSR count). The number of hydrogen-bond acceptors (Lipinski definition) is 3. The van der Waals surface area contributed by atoms with Gasteiger partial charge in [0.25, 0.3) is 0 Å². The van der Waals surface area contributed by atoms with Crippen molar-refractivity contribution < 1.29 is 9.53 Å². The van der Waals surface area contributed by atoms with E-state index in [0.29, 0.717) is 31.1 Å². The molecule has 3 aromatic carbocycles. The summed E-state index contributed by atoms with van der Waals surface area (Å²) in [4.78, 5) is 19.6. The van der Waals surface area contributed by atoms with Gasteiger partial charge in [-0.2, -0.15) is 0 Å². The minimum atomic E-state index is 0.00764. The number of rotatable bonds is 6. The summed E-state index contributed by atoms with van der Waals surface area (Å²) in [5, 5.41) is 0.624. The fourth-order valence-corrected chi connectivity index (χ4v) is 4.49. The average molecular weight is 446 g/mol. The molecule has 1 aliphatic heterocycles. The van der Waals surface area contributed by atoms with Crippen LogP contribution < -0.4 is 9.64 Å². The van der Waals surface area contributed by atoms with Gasteiger partial charge in [-0.3, -0.25) is 4.79 Å². The van der Waals surface area contributed by atoms with Crippen LogP contribution in [0.25, 0.3) is 11.0 Å². The van der Waals surface area contributed by atoms with Crippen LogP contribution in [-0.4, -0.2) is 28.6 Å². The molecular formula is C26H24ClN3O2. The molecule has 1 fully saturated rings. The lowest BCUT2D eigenvalue weighted by molar-refractivity contribution is -0.117. The van der Waals surface area contributed by atoms with E-state index in [1.54, 1.807) is 0 Å². The largest absolute Gasteiger partial charge is 0.492 e. The molecule has 0 aliphatic carbocycles. The number of carbonyl (C=O) groups is 1. The predicted octanol–water partition coefficient (Wildman–Crippen LogP) is 5.60. The minimum absolute atomic E-state index is 0.00764. The van der Waals surface area contributed by atoms with Crippen molar-refractivity contribution in [1.29, 1.82) is 0 Å². The van der Waals surface area contributed by atoms with Gasteiger partial charge in [0.1, 0.15) is 18.2 Å². The van der Waals surface area contributed by atoms with Crippen LogP contribution in [0.4, 0.5) is 5.69 Å². The van der Waals surface area contributed by atoms with Crippen LogP contribution in [0.2, 0.25) is 5.02 Å². The van der Waals surface area contributed by atoms with Crippen molar-refractivity contribution in [3.8, 4) is 5.75 Å². The molecule has 0 unspecified atom stereocenters. The predicted molar refractivity (Wildman–Crippen MR) is 128 cm³/mol. The number of halogens is 1. The Hall–Kier alpha value is -3.31. The van der Waals surface area contributed by atoms with E-state index < -0.39 is 0 Å². The average Bonchev–Trinajstić information content (AvgIpc) is 3.36. The maximum atomic E-state index is 12.8. The third-order valence-corrected chi connectivity index (χ3v) is 6.13. The molecular weight excluding hydrogens is 422 g/mol. The third kappa shape index (κ3) is 4.08. The van der Waals surface area contributed by atoms with Gasteiger partial charge < -0.3 is 14.2 Å². The van der Waals surface area contributed by atoms with E-state index in [0.717, 1.165) is 28.3 Å². The molecule has 2 heterocycles. The SMILES string of the molecule is Cc1ccc(OCCn2c([C@@H]3CC(=O)N(c4cccc(Cl)c4)C3)nc3ccccc32)cc1. The zero-order valence-electron chi connectivity index (χ0n) is 17.9. The number of imidazole rings is 1. The zero-order chi connectivity index (χ0) is 22.1. The van der Waals surface area contributed by atoms with E-state index in [1.807, 2.05) is 71.6 Å². The highest BCUT2D eigenvalue weighted by molar-refractivity contribution is 6.30. The third-order valence-electron chi connectivity index (χ3n) is 5.90. The maximum absolute atomic E-state index is 12.8.